The lowest BCUT2D eigenvalue weighted by Crippen LogP contribution is -2.29. The van der Waals surface area contributed by atoms with E-state index in [1.54, 1.807) is 48.5 Å². The molecule has 33 heavy (non-hydrogen) atoms. The Hall–Kier alpha value is -4.50. The number of hydrogen-bond donors (Lipinski definition) is 2. The van der Waals surface area contributed by atoms with Crippen molar-refractivity contribution in [2.24, 2.45) is 16.0 Å². The van der Waals surface area contributed by atoms with E-state index in [0.717, 1.165) is 4.68 Å². The number of fused-ring (bicyclic) bond motifs is 2. The molecule has 0 fully saturated rings. The second-order valence-electron chi connectivity index (χ2n) is 7.31. The molecule has 1 heterocycles. The Morgan fingerprint density at radius 3 is 2.06 bits per heavy atom. The van der Waals surface area contributed by atoms with E-state index in [1.807, 2.05) is 18.2 Å². The quantitative estimate of drug-likeness (QED) is 0.314. The van der Waals surface area contributed by atoms with Gasteiger partial charge in [-0.25, -0.2) is 0 Å². The lowest BCUT2D eigenvalue weighted by Gasteiger charge is -2.17. The first kappa shape index (κ1) is 20.4. The topological polar surface area (TPSA) is 123 Å². The minimum Gasteiger partial charge on any atom is -0.374 e. The van der Waals surface area contributed by atoms with Gasteiger partial charge in [0.1, 0.15) is 0 Å². The lowest BCUT2D eigenvalue weighted by molar-refractivity contribution is 0.0979. The van der Waals surface area contributed by atoms with Crippen LogP contribution in [0.2, 0.25) is 0 Å². The molecule has 0 atom stereocenters. The fourth-order valence-corrected chi connectivity index (χ4v) is 3.87. The number of carbonyl (C=O) groups is 2. The second kappa shape index (κ2) is 7.88. The zero-order chi connectivity index (χ0) is 23.1. The third-order valence-electron chi connectivity index (χ3n) is 5.32. The molecule has 3 aromatic carbocycles. The van der Waals surface area contributed by atoms with Crippen LogP contribution >= 0.6 is 12.2 Å². The first-order chi connectivity index (χ1) is 16.0. The molecule has 5 rings (SSSR count). The lowest BCUT2D eigenvalue weighted by atomic mass is 9.84. The van der Waals surface area contributed by atoms with E-state index >= 15 is 0 Å². The molecule has 0 radical (unpaired) electrons. The normalized spacial score (nSPS) is 12.6. The van der Waals surface area contributed by atoms with Crippen LogP contribution in [0.1, 0.15) is 31.8 Å². The van der Waals surface area contributed by atoms with Gasteiger partial charge in [-0.05, 0) is 30.4 Å². The fraction of sp³-hybridized carbons (Fsp3) is 0. The summed E-state index contributed by atoms with van der Waals surface area (Å²) in [6.07, 6.45) is 0. The molecule has 0 amide bonds. The highest BCUT2D eigenvalue weighted by Crippen LogP contribution is 2.31. The van der Waals surface area contributed by atoms with Gasteiger partial charge in [0.05, 0.1) is 11.4 Å². The molecule has 1 aromatic heterocycles. The largest absolute Gasteiger partial charge is 0.374 e. The molecule has 0 bridgehead atoms. The molecule has 9 heteroatoms. The van der Waals surface area contributed by atoms with E-state index in [2.05, 4.69) is 15.3 Å². The summed E-state index contributed by atoms with van der Waals surface area (Å²) in [6.45, 7) is 0. The van der Waals surface area contributed by atoms with Crippen LogP contribution in [0.5, 0.6) is 0 Å². The number of nitrogens with two attached hydrogens (primary N) is 1. The van der Waals surface area contributed by atoms with E-state index in [9.17, 15) is 14.4 Å². The Morgan fingerprint density at radius 1 is 0.788 bits per heavy atom. The van der Waals surface area contributed by atoms with Crippen LogP contribution in [0.3, 0.4) is 0 Å². The predicted octanol–water partition coefficient (Wildman–Crippen LogP) is 4.13. The number of aromatic amines is 1. The number of aromatic nitrogens is 2. The highest BCUT2D eigenvalue weighted by molar-refractivity contribution is 7.80. The zero-order valence-electron chi connectivity index (χ0n) is 17.0. The minimum atomic E-state index is -0.553. The van der Waals surface area contributed by atoms with Crippen LogP contribution in [0, 0.1) is 0 Å². The van der Waals surface area contributed by atoms with Crippen molar-refractivity contribution in [2.45, 2.75) is 0 Å². The monoisotopic (exact) mass is 453 g/mol. The maximum absolute atomic E-state index is 12.9. The van der Waals surface area contributed by atoms with Crippen molar-refractivity contribution in [3.8, 4) is 11.3 Å². The molecule has 4 aromatic rings. The Kier molecular flexibility index (Phi) is 4.87. The van der Waals surface area contributed by atoms with Gasteiger partial charge in [-0.1, -0.05) is 54.6 Å². The molecule has 8 nitrogen and oxygen atoms in total. The summed E-state index contributed by atoms with van der Waals surface area (Å²) in [5.74, 6) is -0.486. The van der Waals surface area contributed by atoms with Crippen LogP contribution < -0.4 is 11.3 Å². The molecule has 0 saturated carbocycles. The first-order valence-corrected chi connectivity index (χ1v) is 10.3. The summed E-state index contributed by atoms with van der Waals surface area (Å²) in [6, 6.07) is 20.4. The number of thiocarbonyl (C=S) groups is 1. The van der Waals surface area contributed by atoms with Gasteiger partial charge in [0, 0.05) is 27.8 Å². The number of nitrogens with zero attached hydrogens (tertiary/aromatic N) is 3. The third-order valence-corrected chi connectivity index (χ3v) is 5.51. The van der Waals surface area contributed by atoms with Crippen molar-refractivity contribution < 1.29 is 9.59 Å². The summed E-state index contributed by atoms with van der Waals surface area (Å²) in [4.78, 5) is 38.5. The van der Waals surface area contributed by atoms with Crippen molar-refractivity contribution in [2.75, 3.05) is 0 Å². The molecular formula is C24H15N5O3S. The summed E-state index contributed by atoms with van der Waals surface area (Å²) < 4.78 is 1.01. The van der Waals surface area contributed by atoms with Crippen molar-refractivity contribution in [3.63, 3.8) is 0 Å². The van der Waals surface area contributed by atoms with Gasteiger partial charge in [-0.15, -0.1) is 5.11 Å². The van der Waals surface area contributed by atoms with Crippen LogP contribution in [-0.2, 0) is 0 Å². The Balaban J connectivity index is 1.58. The van der Waals surface area contributed by atoms with Crippen LogP contribution in [0.25, 0.3) is 11.3 Å². The summed E-state index contributed by atoms with van der Waals surface area (Å²) in [5, 5.41) is 11.0. The number of hydrogen-bond acceptors (Lipinski definition) is 6. The van der Waals surface area contributed by atoms with Gasteiger partial charge in [0.25, 0.3) is 0 Å². The van der Waals surface area contributed by atoms with E-state index in [1.165, 1.54) is 6.07 Å². The van der Waals surface area contributed by atoms with Crippen LogP contribution in [-0.4, -0.2) is 26.5 Å². The number of nitrogens with one attached hydrogen (secondary N) is 1. The molecule has 160 valence electrons. The highest BCUT2D eigenvalue weighted by Gasteiger charge is 2.29. The number of benzene rings is 3. The Bertz CT molecular complexity index is 1550. The van der Waals surface area contributed by atoms with Gasteiger partial charge in [0.15, 0.2) is 22.4 Å². The summed E-state index contributed by atoms with van der Waals surface area (Å²) >= 11 is 4.94. The maximum Gasteiger partial charge on any atom is 0.301 e. The second-order valence-corrected chi connectivity index (χ2v) is 7.73. The molecule has 0 unspecified atom stereocenters. The van der Waals surface area contributed by atoms with E-state index in [0.29, 0.717) is 33.6 Å². The average Bonchev–Trinajstić information content (AvgIpc) is 3.18. The summed E-state index contributed by atoms with van der Waals surface area (Å²) in [5.41, 5.74) is 7.79. The number of azo groups is 1. The van der Waals surface area contributed by atoms with Crippen molar-refractivity contribution >= 4 is 40.3 Å². The number of H-pyrrole nitrogens is 1. The van der Waals surface area contributed by atoms with E-state index in [4.69, 9.17) is 18.0 Å². The van der Waals surface area contributed by atoms with Gasteiger partial charge in [-0.2, -0.15) is 9.80 Å². The van der Waals surface area contributed by atoms with Crippen molar-refractivity contribution in [1.29, 1.82) is 0 Å². The third kappa shape index (κ3) is 3.40. The molecule has 1 aliphatic carbocycles. The first-order valence-electron chi connectivity index (χ1n) is 9.90. The van der Waals surface area contributed by atoms with Gasteiger partial charge in [-0.3, -0.25) is 19.5 Å². The van der Waals surface area contributed by atoms with Gasteiger partial charge >= 0.3 is 5.56 Å². The smallest absolute Gasteiger partial charge is 0.301 e. The maximum atomic E-state index is 12.9. The van der Waals surface area contributed by atoms with Crippen LogP contribution in [0.4, 0.5) is 11.4 Å². The highest BCUT2D eigenvalue weighted by atomic mass is 32.1. The Labute approximate surface area is 192 Å². The van der Waals surface area contributed by atoms with Gasteiger partial charge in [0.2, 0.25) is 0 Å². The molecule has 3 N–H and O–H groups in total. The van der Waals surface area contributed by atoms with E-state index in [-0.39, 0.29) is 27.9 Å². The SMILES string of the molecule is NC(=S)n1[nH]c(-c2ccccc2)c(N=Nc2ccc3c(c2)C(=O)c2ccccc2C3=O)c1=O. The fourth-order valence-electron chi connectivity index (χ4n) is 3.74. The number of rotatable bonds is 3. The minimum absolute atomic E-state index is 0.0134. The standard InChI is InChI=1S/C24H15N5O3S/c25-24(33)29-23(32)20(19(28-29)13-6-2-1-3-7-13)27-26-14-10-11-17-18(12-14)22(31)16-9-5-4-8-15(16)21(17)30/h1-12,28H,(H2,25,33). The zero-order valence-corrected chi connectivity index (χ0v) is 17.8. The predicted molar refractivity (Wildman–Crippen MR) is 127 cm³/mol. The Morgan fingerprint density at radius 2 is 1.39 bits per heavy atom. The number of ketones is 2. The van der Waals surface area contributed by atoms with Crippen molar-refractivity contribution in [1.82, 2.24) is 9.78 Å². The van der Waals surface area contributed by atoms with Crippen LogP contribution in [0.15, 0.2) is 87.8 Å². The molecule has 0 spiro atoms. The van der Waals surface area contributed by atoms with E-state index < -0.39 is 5.56 Å². The van der Waals surface area contributed by atoms with Gasteiger partial charge < -0.3 is 5.73 Å². The average molecular weight is 453 g/mol. The van der Waals surface area contributed by atoms with Crippen molar-refractivity contribution in [3.05, 3.63) is 105 Å². The molecule has 0 saturated heterocycles. The molecule has 0 aliphatic heterocycles. The molecular weight excluding hydrogens is 438 g/mol. The summed E-state index contributed by atoms with van der Waals surface area (Å²) in [7, 11) is 0. The molecule has 1 aliphatic rings. The number of carbonyl (C=O) groups excluding carboxylic acids is 2.